The van der Waals surface area contributed by atoms with Crippen LogP contribution in [0.5, 0.6) is 0 Å². The number of hydrogen-bond acceptors (Lipinski definition) is 2. The zero-order chi connectivity index (χ0) is 21.4. The third-order valence-electron chi connectivity index (χ3n) is 5.42. The van der Waals surface area contributed by atoms with E-state index in [0.717, 1.165) is 49.6 Å². The Morgan fingerprint density at radius 3 is 2.03 bits per heavy atom. The van der Waals surface area contributed by atoms with Gasteiger partial charge in [0.25, 0.3) is 0 Å². The first-order valence-corrected chi connectivity index (χ1v) is 10.7. The number of aliphatic imine (C=N–C) groups is 1. The molecule has 5 aromatic rings. The van der Waals surface area contributed by atoms with E-state index in [4.69, 9.17) is 33.9 Å². The summed E-state index contributed by atoms with van der Waals surface area (Å²) in [5.41, 5.74) is 10.9. The fourth-order valence-electron chi connectivity index (χ4n) is 3.94. The predicted octanol–water partition coefficient (Wildman–Crippen LogP) is 8.30. The quantitative estimate of drug-likeness (QED) is 0.222. The molecule has 5 rings (SSSR count). The standard InChI is InChI=1S/C27H18Cl2N2/c28-20-12-9-19(23(29)15-20)16-31-25-14-11-18-6-2-4-8-22(18)27(25)26-21-7-3-1-5-17(21)10-13-24(26)30/h1-16H,30H2. The first-order valence-electron chi connectivity index (χ1n) is 9.90. The summed E-state index contributed by atoms with van der Waals surface area (Å²) in [5.74, 6) is 0. The normalized spacial score (nSPS) is 11.5. The molecule has 0 bridgehead atoms. The number of halogens is 2. The molecule has 0 radical (unpaired) electrons. The van der Waals surface area contributed by atoms with Gasteiger partial charge in [-0.3, -0.25) is 4.99 Å². The Hall–Kier alpha value is -3.33. The molecule has 0 saturated heterocycles. The van der Waals surface area contributed by atoms with Gasteiger partial charge in [0.1, 0.15) is 0 Å². The SMILES string of the molecule is Nc1ccc2ccccc2c1-c1c(N=Cc2ccc(Cl)cc2Cl)ccc2ccccc12. The maximum absolute atomic E-state index is 6.54. The number of nitrogens with zero attached hydrogens (tertiary/aromatic N) is 1. The molecular formula is C27H18Cl2N2. The van der Waals surface area contributed by atoms with Crippen molar-refractivity contribution in [3.63, 3.8) is 0 Å². The Kier molecular flexibility index (Phi) is 5.11. The lowest BCUT2D eigenvalue weighted by atomic mass is 9.91. The van der Waals surface area contributed by atoms with Crippen LogP contribution in [0.2, 0.25) is 10.0 Å². The van der Waals surface area contributed by atoms with Gasteiger partial charge < -0.3 is 5.73 Å². The van der Waals surface area contributed by atoms with Crippen LogP contribution in [0.25, 0.3) is 32.7 Å². The topological polar surface area (TPSA) is 38.4 Å². The van der Waals surface area contributed by atoms with E-state index >= 15 is 0 Å². The molecule has 4 heteroatoms. The van der Waals surface area contributed by atoms with Gasteiger partial charge in [-0.05, 0) is 45.8 Å². The predicted molar refractivity (Wildman–Crippen MR) is 135 cm³/mol. The molecule has 0 aliphatic rings. The van der Waals surface area contributed by atoms with Gasteiger partial charge in [0, 0.05) is 33.6 Å². The summed E-state index contributed by atoms with van der Waals surface area (Å²) >= 11 is 12.4. The summed E-state index contributed by atoms with van der Waals surface area (Å²) in [5, 5.41) is 5.62. The summed E-state index contributed by atoms with van der Waals surface area (Å²) in [6.07, 6.45) is 1.77. The summed E-state index contributed by atoms with van der Waals surface area (Å²) < 4.78 is 0. The summed E-state index contributed by atoms with van der Waals surface area (Å²) in [6, 6.07) is 30.1. The van der Waals surface area contributed by atoms with Gasteiger partial charge in [-0.1, -0.05) is 89.9 Å². The van der Waals surface area contributed by atoms with Gasteiger partial charge in [-0.2, -0.15) is 0 Å². The van der Waals surface area contributed by atoms with E-state index in [0.29, 0.717) is 10.0 Å². The molecule has 5 aromatic carbocycles. The van der Waals surface area contributed by atoms with Gasteiger partial charge in [0.2, 0.25) is 0 Å². The van der Waals surface area contributed by atoms with Crippen LogP contribution in [0.1, 0.15) is 5.56 Å². The lowest BCUT2D eigenvalue weighted by Gasteiger charge is -2.15. The van der Waals surface area contributed by atoms with E-state index in [-0.39, 0.29) is 0 Å². The van der Waals surface area contributed by atoms with Crippen molar-refractivity contribution >= 4 is 62.3 Å². The van der Waals surface area contributed by atoms with Gasteiger partial charge in [0.15, 0.2) is 0 Å². The highest BCUT2D eigenvalue weighted by atomic mass is 35.5. The molecule has 0 heterocycles. The van der Waals surface area contributed by atoms with Crippen molar-refractivity contribution in [1.82, 2.24) is 0 Å². The molecule has 0 fully saturated rings. The second kappa shape index (κ2) is 8.07. The monoisotopic (exact) mass is 440 g/mol. The zero-order valence-electron chi connectivity index (χ0n) is 16.5. The number of fused-ring (bicyclic) bond motifs is 2. The van der Waals surface area contributed by atoms with E-state index < -0.39 is 0 Å². The molecule has 0 amide bonds. The molecule has 150 valence electrons. The largest absolute Gasteiger partial charge is 0.398 e. The minimum absolute atomic E-state index is 0.559. The Morgan fingerprint density at radius 2 is 1.32 bits per heavy atom. The molecule has 0 aliphatic carbocycles. The van der Waals surface area contributed by atoms with Crippen molar-refractivity contribution in [2.75, 3.05) is 5.73 Å². The highest BCUT2D eigenvalue weighted by Gasteiger charge is 2.15. The number of nitrogens with two attached hydrogens (primary N) is 1. The smallest absolute Gasteiger partial charge is 0.0715 e. The number of anilines is 1. The first-order chi connectivity index (χ1) is 15.1. The minimum atomic E-state index is 0.559. The van der Waals surface area contributed by atoms with Crippen molar-refractivity contribution in [3.05, 3.63) is 107 Å². The summed E-state index contributed by atoms with van der Waals surface area (Å²) in [7, 11) is 0. The highest BCUT2D eigenvalue weighted by molar-refractivity contribution is 6.36. The average molecular weight is 441 g/mol. The van der Waals surface area contributed by atoms with Gasteiger partial charge in [-0.25, -0.2) is 0 Å². The van der Waals surface area contributed by atoms with Crippen LogP contribution in [0.4, 0.5) is 11.4 Å². The molecule has 0 unspecified atom stereocenters. The van der Waals surface area contributed by atoms with E-state index in [9.17, 15) is 0 Å². The molecule has 0 aromatic heterocycles. The minimum Gasteiger partial charge on any atom is -0.398 e. The van der Waals surface area contributed by atoms with Crippen molar-refractivity contribution in [3.8, 4) is 11.1 Å². The molecule has 0 atom stereocenters. The Labute approximate surface area is 190 Å². The zero-order valence-corrected chi connectivity index (χ0v) is 18.0. The number of rotatable bonds is 3. The van der Waals surface area contributed by atoms with Crippen molar-refractivity contribution in [2.24, 2.45) is 4.99 Å². The van der Waals surface area contributed by atoms with Crippen LogP contribution in [0, 0.1) is 0 Å². The fraction of sp³-hybridized carbons (Fsp3) is 0. The maximum Gasteiger partial charge on any atom is 0.0715 e. The van der Waals surface area contributed by atoms with Crippen LogP contribution in [0.3, 0.4) is 0 Å². The second-order valence-electron chi connectivity index (χ2n) is 7.36. The van der Waals surface area contributed by atoms with E-state index in [1.807, 2.05) is 42.5 Å². The molecular weight excluding hydrogens is 423 g/mol. The van der Waals surface area contributed by atoms with Crippen LogP contribution in [-0.4, -0.2) is 6.21 Å². The number of nitrogen functional groups attached to an aromatic ring is 1. The lowest BCUT2D eigenvalue weighted by Crippen LogP contribution is -1.93. The average Bonchev–Trinajstić information content (AvgIpc) is 2.78. The van der Waals surface area contributed by atoms with Crippen LogP contribution < -0.4 is 5.73 Å². The Morgan fingerprint density at radius 1 is 0.677 bits per heavy atom. The highest BCUT2D eigenvalue weighted by Crippen LogP contribution is 2.43. The summed E-state index contributed by atoms with van der Waals surface area (Å²) in [6.45, 7) is 0. The molecule has 2 nitrogen and oxygen atoms in total. The van der Waals surface area contributed by atoms with Crippen molar-refractivity contribution in [1.29, 1.82) is 0 Å². The maximum atomic E-state index is 6.54. The van der Waals surface area contributed by atoms with Crippen LogP contribution >= 0.6 is 23.2 Å². The third kappa shape index (κ3) is 3.65. The van der Waals surface area contributed by atoms with Gasteiger partial charge in [0.05, 0.1) is 10.7 Å². The van der Waals surface area contributed by atoms with Crippen molar-refractivity contribution in [2.45, 2.75) is 0 Å². The first kappa shape index (κ1) is 19.6. The number of benzene rings is 5. The number of hydrogen-bond donors (Lipinski definition) is 1. The van der Waals surface area contributed by atoms with E-state index in [1.165, 1.54) is 0 Å². The molecule has 2 N–H and O–H groups in total. The Balaban J connectivity index is 1.80. The second-order valence-corrected chi connectivity index (χ2v) is 8.20. The van der Waals surface area contributed by atoms with Gasteiger partial charge in [-0.15, -0.1) is 0 Å². The van der Waals surface area contributed by atoms with Crippen molar-refractivity contribution < 1.29 is 0 Å². The van der Waals surface area contributed by atoms with Crippen LogP contribution in [0.15, 0.2) is 96.0 Å². The Bertz CT molecular complexity index is 1470. The third-order valence-corrected chi connectivity index (χ3v) is 5.99. The van der Waals surface area contributed by atoms with E-state index in [1.54, 1.807) is 18.3 Å². The van der Waals surface area contributed by atoms with Gasteiger partial charge >= 0.3 is 0 Å². The molecule has 0 spiro atoms. The molecule has 31 heavy (non-hydrogen) atoms. The fourth-order valence-corrected chi connectivity index (χ4v) is 4.40. The van der Waals surface area contributed by atoms with Crippen LogP contribution in [-0.2, 0) is 0 Å². The molecule has 0 saturated carbocycles. The van der Waals surface area contributed by atoms with E-state index in [2.05, 4.69) is 36.4 Å². The lowest BCUT2D eigenvalue weighted by molar-refractivity contribution is 1.54. The summed E-state index contributed by atoms with van der Waals surface area (Å²) in [4.78, 5) is 4.83. The molecule has 0 aliphatic heterocycles.